The van der Waals surface area contributed by atoms with Crippen molar-refractivity contribution >= 4 is 33.7 Å². The number of carbonyl (C=O) groups is 1. The molecule has 0 atom stereocenters. The molecule has 0 bridgehead atoms. The Morgan fingerprint density at radius 2 is 2.22 bits per heavy atom. The van der Waals surface area contributed by atoms with E-state index in [1.165, 1.54) is 16.9 Å². The molecule has 1 amide bonds. The highest BCUT2D eigenvalue weighted by atomic mass is 32.1. The summed E-state index contributed by atoms with van der Waals surface area (Å²) in [6.07, 6.45) is 0.736. The van der Waals surface area contributed by atoms with Crippen LogP contribution in [0, 0.1) is 0 Å². The number of anilines is 1. The molecule has 3 rings (SSSR count). The highest BCUT2D eigenvalue weighted by molar-refractivity contribution is 7.15. The number of hydrogen-bond donors (Lipinski definition) is 1. The van der Waals surface area contributed by atoms with Gasteiger partial charge in [-0.05, 0) is 34.4 Å². The Hall–Kier alpha value is -2.06. The first-order chi connectivity index (χ1) is 11.0. The molecule has 0 saturated heterocycles. The zero-order chi connectivity index (χ0) is 16.4. The molecule has 1 N–H and O–H groups in total. The van der Waals surface area contributed by atoms with E-state index in [9.17, 15) is 4.79 Å². The average Bonchev–Trinajstić information content (AvgIpc) is 3.21. The Balaban J connectivity index is 1.69. The molecular weight excluding hydrogens is 330 g/mol. The Labute approximate surface area is 142 Å². The number of amides is 1. The number of aromatic nitrogens is 4. The van der Waals surface area contributed by atoms with Crippen molar-refractivity contribution in [1.29, 1.82) is 0 Å². The SMILES string of the molecule is CC(C)c1cc(C(=O)Nc2nnc(Cc3ccsc3)s2)n(C)n1. The van der Waals surface area contributed by atoms with Gasteiger partial charge in [0.25, 0.3) is 5.91 Å². The van der Waals surface area contributed by atoms with Crippen molar-refractivity contribution in [3.8, 4) is 0 Å². The lowest BCUT2D eigenvalue weighted by atomic mass is 10.1. The van der Waals surface area contributed by atoms with Crippen molar-refractivity contribution in [3.05, 3.63) is 44.9 Å². The summed E-state index contributed by atoms with van der Waals surface area (Å²) in [6.45, 7) is 4.09. The van der Waals surface area contributed by atoms with Gasteiger partial charge in [0, 0.05) is 13.5 Å². The van der Waals surface area contributed by atoms with E-state index >= 15 is 0 Å². The van der Waals surface area contributed by atoms with Crippen molar-refractivity contribution in [1.82, 2.24) is 20.0 Å². The molecule has 3 heterocycles. The zero-order valence-electron chi connectivity index (χ0n) is 13.1. The summed E-state index contributed by atoms with van der Waals surface area (Å²) >= 11 is 3.05. The van der Waals surface area contributed by atoms with Gasteiger partial charge in [0.05, 0.1) is 5.69 Å². The standard InChI is InChI=1S/C15H17N5OS2/c1-9(2)11-7-12(20(3)19-11)14(21)16-15-18-17-13(23-15)6-10-4-5-22-8-10/h4-5,7-9H,6H2,1-3H3,(H,16,18,21). The molecule has 3 aromatic heterocycles. The maximum absolute atomic E-state index is 12.4. The fourth-order valence-corrected chi connectivity index (χ4v) is 3.53. The van der Waals surface area contributed by atoms with Crippen LogP contribution in [0.3, 0.4) is 0 Å². The van der Waals surface area contributed by atoms with Crippen molar-refractivity contribution in [3.63, 3.8) is 0 Å². The number of hydrogen-bond acceptors (Lipinski definition) is 6. The van der Waals surface area contributed by atoms with E-state index < -0.39 is 0 Å². The third-order valence-corrected chi connectivity index (χ3v) is 4.92. The normalized spacial score (nSPS) is 11.1. The van der Waals surface area contributed by atoms with E-state index in [1.54, 1.807) is 23.1 Å². The van der Waals surface area contributed by atoms with Crippen LogP contribution >= 0.6 is 22.7 Å². The molecule has 0 saturated carbocycles. The van der Waals surface area contributed by atoms with Crippen molar-refractivity contribution in [2.75, 3.05) is 5.32 Å². The number of aryl methyl sites for hydroxylation is 1. The molecule has 0 spiro atoms. The number of rotatable bonds is 5. The maximum Gasteiger partial charge on any atom is 0.275 e. The van der Waals surface area contributed by atoms with Crippen LogP contribution < -0.4 is 5.32 Å². The van der Waals surface area contributed by atoms with Crippen molar-refractivity contribution in [2.24, 2.45) is 7.05 Å². The first-order valence-corrected chi connectivity index (χ1v) is 8.97. The summed E-state index contributed by atoms with van der Waals surface area (Å²) in [7, 11) is 1.77. The van der Waals surface area contributed by atoms with Crippen LogP contribution in [-0.2, 0) is 13.5 Å². The molecular formula is C15H17N5OS2. The van der Waals surface area contributed by atoms with Crippen LogP contribution in [0.15, 0.2) is 22.9 Å². The summed E-state index contributed by atoms with van der Waals surface area (Å²) in [5.41, 5.74) is 2.62. The average molecular weight is 347 g/mol. The van der Waals surface area contributed by atoms with E-state index in [0.717, 1.165) is 17.1 Å². The van der Waals surface area contributed by atoms with Gasteiger partial charge in [0.1, 0.15) is 10.7 Å². The fourth-order valence-electron chi connectivity index (χ4n) is 2.09. The monoisotopic (exact) mass is 347 g/mol. The quantitative estimate of drug-likeness (QED) is 0.768. The van der Waals surface area contributed by atoms with Gasteiger partial charge in [-0.1, -0.05) is 25.2 Å². The molecule has 120 valence electrons. The van der Waals surface area contributed by atoms with Crippen LogP contribution in [0.5, 0.6) is 0 Å². The van der Waals surface area contributed by atoms with Crippen LogP contribution in [0.4, 0.5) is 5.13 Å². The Morgan fingerprint density at radius 1 is 1.39 bits per heavy atom. The largest absolute Gasteiger partial charge is 0.295 e. The molecule has 0 aromatic carbocycles. The Kier molecular flexibility index (Phi) is 4.53. The topological polar surface area (TPSA) is 72.7 Å². The summed E-state index contributed by atoms with van der Waals surface area (Å²) in [4.78, 5) is 12.4. The van der Waals surface area contributed by atoms with Crippen LogP contribution in [0.1, 0.15) is 46.5 Å². The molecule has 0 fully saturated rings. The van der Waals surface area contributed by atoms with Crippen LogP contribution in [-0.4, -0.2) is 25.9 Å². The van der Waals surface area contributed by atoms with Gasteiger partial charge in [-0.25, -0.2) is 0 Å². The van der Waals surface area contributed by atoms with Gasteiger partial charge in [0.15, 0.2) is 0 Å². The van der Waals surface area contributed by atoms with Gasteiger partial charge >= 0.3 is 0 Å². The molecule has 3 aromatic rings. The smallest absolute Gasteiger partial charge is 0.275 e. The van der Waals surface area contributed by atoms with Gasteiger partial charge in [-0.15, -0.1) is 10.2 Å². The predicted molar refractivity (Wildman–Crippen MR) is 92.3 cm³/mol. The lowest BCUT2D eigenvalue weighted by molar-refractivity contribution is 0.101. The Bertz CT molecular complexity index is 804. The minimum absolute atomic E-state index is 0.217. The second kappa shape index (κ2) is 6.59. The summed E-state index contributed by atoms with van der Waals surface area (Å²) in [5.74, 6) is 0.0617. The third-order valence-electron chi connectivity index (χ3n) is 3.35. The minimum atomic E-state index is -0.217. The number of thiophene rings is 1. The summed E-state index contributed by atoms with van der Waals surface area (Å²) in [6, 6.07) is 3.88. The van der Waals surface area contributed by atoms with Gasteiger partial charge in [0.2, 0.25) is 5.13 Å². The molecule has 0 aliphatic heterocycles. The van der Waals surface area contributed by atoms with E-state index in [0.29, 0.717) is 10.8 Å². The lowest BCUT2D eigenvalue weighted by Crippen LogP contribution is -2.15. The second-order valence-electron chi connectivity index (χ2n) is 5.50. The van der Waals surface area contributed by atoms with E-state index in [2.05, 4.69) is 32.1 Å². The first kappa shape index (κ1) is 15.8. The highest BCUT2D eigenvalue weighted by Crippen LogP contribution is 2.21. The fraction of sp³-hybridized carbons (Fsp3) is 0.333. The molecule has 8 heteroatoms. The second-order valence-corrected chi connectivity index (χ2v) is 7.34. The number of carbonyl (C=O) groups excluding carboxylic acids is 1. The number of nitrogens with one attached hydrogen (secondary N) is 1. The molecule has 6 nitrogen and oxygen atoms in total. The zero-order valence-corrected chi connectivity index (χ0v) is 14.7. The van der Waals surface area contributed by atoms with E-state index in [1.807, 2.05) is 25.3 Å². The maximum atomic E-state index is 12.4. The molecule has 0 radical (unpaired) electrons. The van der Waals surface area contributed by atoms with E-state index in [-0.39, 0.29) is 11.8 Å². The molecule has 0 unspecified atom stereocenters. The molecule has 0 aliphatic rings. The molecule has 0 aliphatic carbocycles. The van der Waals surface area contributed by atoms with Gasteiger partial charge in [-0.3, -0.25) is 14.8 Å². The third kappa shape index (κ3) is 3.65. The predicted octanol–water partition coefficient (Wildman–Crippen LogP) is 3.30. The highest BCUT2D eigenvalue weighted by Gasteiger charge is 2.17. The van der Waals surface area contributed by atoms with Gasteiger partial charge < -0.3 is 0 Å². The first-order valence-electron chi connectivity index (χ1n) is 7.21. The summed E-state index contributed by atoms with van der Waals surface area (Å²) in [5, 5.41) is 20.8. The summed E-state index contributed by atoms with van der Waals surface area (Å²) < 4.78 is 1.60. The molecule has 23 heavy (non-hydrogen) atoms. The van der Waals surface area contributed by atoms with E-state index in [4.69, 9.17) is 0 Å². The van der Waals surface area contributed by atoms with Crippen molar-refractivity contribution < 1.29 is 4.79 Å². The van der Waals surface area contributed by atoms with Gasteiger partial charge in [-0.2, -0.15) is 16.4 Å². The van der Waals surface area contributed by atoms with Crippen molar-refractivity contribution in [2.45, 2.75) is 26.2 Å². The minimum Gasteiger partial charge on any atom is -0.295 e. The Morgan fingerprint density at radius 3 is 2.87 bits per heavy atom. The lowest BCUT2D eigenvalue weighted by Gasteiger charge is -2.00. The van der Waals surface area contributed by atoms with Crippen LogP contribution in [0.25, 0.3) is 0 Å². The van der Waals surface area contributed by atoms with Crippen LogP contribution in [0.2, 0.25) is 0 Å². The number of nitrogens with zero attached hydrogens (tertiary/aromatic N) is 4.